The van der Waals surface area contributed by atoms with Gasteiger partial charge in [0.2, 0.25) is 11.0 Å². The number of nitrogens with zero attached hydrogens (tertiary/aromatic N) is 2. The molecular weight excluding hydrogens is 1330 g/mol. The number of benzene rings is 7. The molecule has 0 saturated heterocycles. The summed E-state index contributed by atoms with van der Waals surface area (Å²) in [5, 5.41) is 2.45. The Morgan fingerprint density at radius 3 is 0.760 bits per heavy atom. The number of ether oxygens (including phenoxy) is 12. The van der Waals surface area contributed by atoms with Gasteiger partial charge < -0.3 is 56.8 Å². The van der Waals surface area contributed by atoms with Crippen molar-refractivity contribution in [3.8, 4) is 23.0 Å². The lowest BCUT2D eigenvalue weighted by molar-refractivity contribution is -2.00. The summed E-state index contributed by atoms with van der Waals surface area (Å²) in [5.41, 5.74) is 6.84. The van der Waals surface area contributed by atoms with E-state index in [0.29, 0.717) is 155 Å². The van der Waals surface area contributed by atoms with E-state index < -0.39 is 20.5 Å². The van der Waals surface area contributed by atoms with E-state index >= 15 is 0 Å². The molecule has 4 heterocycles. The lowest BCUT2D eigenvalue weighted by atomic mass is 10.1. The van der Waals surface area contributed by atoms with Crippen LogP contribution in [0.4, 0.5) is 0 Å². The van der Waals surface area contributed by atoms with Gasteiger partial charge in [0.1, 0.15) is 39.5 Å². The fraction of sp³-hybridized carbons (Fsp3) is 0.316. The summed E-state index contributed by atoms with van der Waals surface area (Å²) in [6, 6.07) is 69.2. The van der Waals surface area contributed by atoms with Crippen molar-refractivity contribution >= 4 is 46.1 Å². The molecule has 0 amide bonds. The number of para-hydroxylation sites is 2. The third-order valence-electron chi connectivity index (χ3n) is 13.6. The van der Waals surface area contributed by atoms with E-state index in [9.17, 15) is 0 Å². The largest absolute Gasteiger partial charge is 0.487 e. The lowest BCUT2D eigenvalue weighted by Gasteiger charge is -2.17. The zero-order valence-electron chi connectivity index (χ0n) is 56.5. The van der Waals surface area contributed by atoms with Crippen molar-refractivity contribution in [2.24, 2.45) is 0 Å². The molecule has 100 heavy (non-hydrogen) atoms. The van der Waals surface area contributed by atoms with Crippen molar-refractivity contribution in [1.29, 1.82) is 0 Å². The van der Waals surface area contributed by atoms with Crippen LogP contribution >= 0.6 is 0 Å². The monoisotopic (exact) mass is 1420 g/mol. The van der Waals surface area contributed by atoms with Crippen molar-refractivity contribution in [3.63, 3.8) is 0 Å². The van der Waals surface area contributed by atoms with E-state index in [2.05, 4.69) is 120 Å². The number of rotatable bonds is 6. The Kier molecular flexibility index (Phi) is 42.3. The molecular formula is C76H90Cl2N2O20. The van der Waals surface area contributed by atoms with Crippen LogP contribution in [-0.4, -0.2) is 132 Å². The van der Waals surface area contributed by atoms with E-state index in [0.717, 1.165) is 24.2 Å². The van der Waals surface area contributed by atoms with Crippen LogP contribution in [0, 0.1) is 20.5 Å². The molecule has 2 aliphatic rings. The van der Waals surface area contributed by atoms with Crippen molar-refractivity contribution in [1.82, 2.24) is 0 Å². The Morgan fingerprint density at radius 2 is 0.510 bits per heavy atom. The Morgan fingerprint density at radius 1 is 0.280 bits per heavy atom. The van der Waals surface area contributed by atoms with Gasteiger partial charge in [0.15, 0.2) is 35.4 Å². The summed E-state index contributed by atoms with van der Waals surface area (Å²) in [6.45, 7) is 16.1. The Balaban J connectivity index is 0.000000259. The Bertz CT molecular complexity index is 3250. The molecule has 0 bridgehead atoms. The number of aryl methyl sites for hydroxylation is 2. The van der Waals surface area contributed by atoms with Crippen molar-refractivity contribution < 1.29 is 124 Å². The third kappa shape index (κ3) is 38.5. The van der Waals surface area contributed by atoms with Gasteiger partial charge in [-0.2, -0.15) is 9.13 Å². The first kappa shape index (κ1) is 82.6. The SMILES string of the molecule is CC[n+]1ccc(/C=C/c2ccc3c(c2)OCCOCCOCCOCCOCCO3)c2ccccc21.CC[n+]1ccc(/C=C/c2ccc3c(c2)OCCOCCOCCOCCOCCO3)c2ccccc21.[O-][Cl+3]([O-])([O-])[O-].[O-][Cl+3]([O-])([O-])[O-].c1ccccc1.c1ccccc1.c1ccccc1. The lowest BCUT2D eigenvalue weighted by Crippen LogP contribution is -2.68. The molecule has 0 radical (unpaired) electrons. The maximum atomic E-state index is 8.49. The number of aromatic nitrogens is 2. The first-order chi connectivity index (χ1) is 48.7. The minimum atomic E-state index is -4.94. The minimum absolute atomic E-state index is 0.420. The average Bonchev–Trinajstić information content (AvgIpc) is 0.818. The van der Waals surface area contributed by atoms with Crippen molar-refractivity contribution in [2.45, 2.75) is 26.9 Å². The van der Waals surface area contributed by atoms with Crippen molar-refractivity contribution in [2.75, 3.05) is 132 Å². The average molecular weight is 1420 g/mol. The molecule has 0 unspecified atom stereocenters. The highest BCUT2D eigenvalue weighted by Crippen LogP contribution is 2.31. The number of fused-ring (bicyclic) bond motifs is 4. The minimum Gasteiger partial charge on any atom is -0.487 e. The summed E-state index contributed by atoms with van der Waals surface area (Å²) in [6.07, 6.45) is 12.8. The fourth-order valence-corrected chi connectivity index (χ4v) is 9.07. The fourth-order valence-electron chi connectivity index (χ4n) is 9.07. The molecule has 0 aliphatic carbocycles. The van der Waals surface area contributed by atoms with E-state index in [4.69, 9.17) is 94.1 Å². The molecule has 0 N–H and O–H groups in total. The molecule has 0 atom stereocenters. The van der Waals surface area contributed by atoms with Crippen LogP contribution in [0.25, 0.3) is 46.1 Å². The molecule has 22 nitrogen and oxygen atoms in total. The molecule has 11 rings (SSSR count). The Hall–Kier alpha value is -8.02. The first-order valence-electron chi connectivity index (χ1n) is 32.5. The maximum Gasteiger partial charge on any atom is 0.213 e. The summed E-state index contributed by atoms with van der Waals surface area (Å²) in [7, 11) is -9.89. The number of hydrogen-bond acceptors (Lipinski definition) is 20. The summed E-state index contributed by atoms with van der Waals surface area (Å²) in [5.74, 6) is 2.74. The highest BCUT2D eigenvalue weighted by molar-refractivity contribution is 5.90. The van der Waals surface area contributed by atoms with Gasteiger partial charge >= 0.3 is 0 Å². The predicted octanol–water partition coefficient (Wildman–Crippen LogP) is 3.86. The molecule has 0 fully saturated rings. The van der Waals surface area contributed by atoms with Crippen LogP contribution in [0.1, 0.15) is 36.1 Å². The van der Waals surface area contributed by atoms with E-state index in [-0.39, 0.29) is 0 Å². The second-order valence-electron chi connectivity index (χ2n) is 20.7. The number of halogens is 2. The first-order valence-corrected chi connectivity index (χ1v) is 35.0. The highest BCUT2D eigenvalue weighted by Gasteiger charge is 2.13. The Labute approximate surface area is 589 Å². The summed E-state index contributed by atoms with van der Waals surface area (Å²) in [4.78, 5) is 0. The smallest absolute Gasteiger partial charge is 0.213 e. The second kappa shape index (κ2) is 51.2. The van der Waals surface area contributed by atoms with Gasteiger partial charge in [0.25, 0.3) is 0 Å². The summed E-state index contributed by atoms with van der Waals surface area (Å²) >= 11 is 0. The topological polar surface area (TPSA) is 303 Å². The molecule has 2 aromatic heterocycles. The third-order valence-corrected chi connectivity index (χ3v) is 13.6. The van der Waals surface area contributed by atoms with Gasteiger partial charge in [0.05, 0.1) is 116 Å². The predicted molar refractivity (Wildman–Crippen MR) is 358 cm³/mol. The summed E-state index contributed by atoms with van der Waals surface area (Å²) < 4.78 is 141. The van der Waals surface area contributed by atoms with Crippen LogP contribution in [0.2, 0.25) is 0 Å². The second-order valence-corrected chi connectivity index (χ2v) is 22.3. The van der Waals surface area contributed by atoms with E-state index in [1.165, 1.54) is 32.9 Å². The van der Waals surface area contributed by atoms with Gasteiger partial charge in [-0.25, -0.2) is 37.3 Å². The van der Waals surface area contributed by atoms with Crippen LogP contribution in [-0.2, 0) is 51.0 Å². The maximum absolute atomic E-state index is 8.49. The molecule has 7 aromatic carbocycles. The number of pyridine rings is 2. The molecule has 9 aromatic rings. The highest BCUT2D eigenvalue weighted by atomic mass is 35.7. The molecule has 538 valence electrons. The number of hydrogen-bond donors (Lipinski definition) is 0. The van der Waals surface area contributed by atoms with Gasteiger partial charge in [0, 0.05) is 24.3 Å². The van der Waals surface area contributed by atoms with Gasteiger partial charge in [-0.05, 0) is 72.5 Å². The van der Waals surface area contributed by atoms with Crippen LogP contribution in [0.15, 0.2) is 219 Å². The van der Waals surface area contributed by atoms with Crippen LogP contribution < -0.4 is 65.4 Å². The van der Waals surface area contributed by atoms with Gasteiger partial charge in [-0.15, -0.1) is 20.5 Å². The van der Waals surface area contributed by atoms with E-state index in [1.54, 1.807) is 0 Å². The van der Waals surface area contributed by atoms with Crippen LogP contribution in [0.5, 0.6) is 23.0 Å². The van der Waals surface area contributed by atoms with Gasteiger partial charge in [-0.1, -0.05) is 170 Å². The standard InChI is InChI=1S/2C29H36NO6.3C6H6.2ClHO4/c2*1-2-30-12-11-25(26-5-3-4-6-27(26)30)9-7-24-8-10-28-29(23-24)36-22-20-34-18-16-32-14-13-31-15-17-33-19-21-35-28;3*1-2-4-6-5-3-1;2*2-1(3,4)5/h2*3-12,23H,2,13-22H2,1H3;3*1-6H;2*(H,2,3,4,5)/q2*+1;;;;;/p-2/b2*9-7+;;;;;. The van der Waals surface area contributed by atoms with Gasteiger partial charge in [-0.3, -0.25) is 0 Å². The molecule has 24 heteroatoms. The molecule has 0 spiro atoms. The van der Waals surface area contributed by atoms with Crippen molar-refractivity contribution in [3.05, 3.63) is 241 Å². The normalized spacial score (nSPS) is 14.9. The zero-order chi connectivity index (χ0) is 71.4. The quantitative estimate of drug-likeness (QED) is 0.213. The molecule has 2 aliphatic heterocycles. The van der Waals surface area contributed by atoms with Crippen LogP contribution in [0.3, 0.4) is 0 Å². The molecule has 0 saturated carbocycles. The van der Waals surface area contributed by atoms with E-state index in [1.807, 2.05) is 146 Å². The zero-order valence-corrected chi connectivity index (χ0v) is 58.0.